The summed E-state index contributed by atoms with van der Waals surface area (Å²) in [6.07, 6.45) is 9.78. The highest BCUT2D eigenvalue weighted by Crippen LogP contribution is 2.27. The molecule has 1 fully saturated rings. The molecule has 1 aliphatic rings. The van der Waals surface area contributed by atoms with Crippen molar-refractivity contribution in [3.63, 3.8) is 0 Å². The Morgan fingerprint density at radius 1 is 1.03 bits per heavy atom. The van der Waals surface area contributed by atoms with Gasteiger partial charge >= 0.3 is 0 Å². The second-order valence-corrected chi connectivity index (χ2v) is 8.53. The van der Waals surface area contributed by atoms with Crippen molar-refractivity contribution in [3.05, 3.63) is 90.0 Å². The van der Waals surface area contributed by atoms with Crippen molar-refractivity contribution < 1.29 is 14.3 Å². The van der Waals surface area contributed by atoms with Crippen LogP contribution in [0.2, 0.25) is 0 Å². The maximum atomic E-state index is 13.7. The Morgan fingerprint density at radius 2 is 1.76 bits per heavy atom. The minimum absolute atomic E-state index is 0.127. The van der Waals surface area contributed by atoms with E-state index in [2.05, 4.69) is 15.3 Å². The Bertz CT molecular complexity index is 1070. The molecule has 7 nitrogen and oxygen atoms in total. The average Bonchev–Trinajstić information content (AvgIpc) is 2.90. The van der Waals surface area contributed by atoms with Crippen molar-refractivity contribution in [2.45, 2.75) is 50.7 Å². The molecule has 0 saturated heterocycles. The van der Waals surface area contributed by atoms with Gasteiger partial charge in [0.25, 0.3) is 5.91 Å². The van der Waals surface area contributed by atoms with Gasteiger partial charge in [-0.15, -0.1) is 0 Å². The van der Waals surface area contributed by atoms with Crippen LogP contribution in [0.5, 0.6) is 5.75 Å². The Kier molecular flexibility index (Phi) is 7.86. The van der Waals surface area contributed by atoms with E-state index >= 15 is 0 Å². The third-order valence-corrected chi connectivity index (χ3v) is 6.18. The van der Waals surface area contributed by atoms with Crippen molar-refractivity contribution in [1.82, 2.24) is 20.2 Å². The van der Waals surface area contributed by atoms with Crippen LogP contribution in [0.25, 0.3) is 0 Å². The molecule has 1 atom stereocenters. The summed E-state index contributed by atoms with van der Waals surface area (Å²) in [5.41, 5.74) is 1.83. The van der Waals surface area contributed by atoms with Crippen LogP contribution in [-0.4, -0.2) is 39.8 Å². The van der Waals surface area contributed by atoms with Crippen molar-refractivity contribution >= 4 is 11.8 Å². The molecule has 1 aliphatic carbocycles. The van der Waals surface area contributed by atoms with Crippen LogP contribution >= 0.6 is 0 Å². The Hall–Kier alpha value is -3.74. The van der Waals surface area contributed by atoms with E-state index in [0.29, 0.717) is 0 Å². The lowest BCUT2D eigenvalue weighted by Crippen LogP contribution is -2.47. The predicted octanol–water partition coefficient (Wildman–Crippen LogP) is 4.32. The molecule has 0 bridgehead atoms. The van der Waals surface area contributed by atoms with Crippen LogP contribution in [-0.2, 0) is 11.3 Å². The van der Waals surface area contributed by atoms with Gasteiger partial charge in [-0.1, -0.05) is 61.7 Å². The molecule has 3 aromatic rings. The zero-order valence-corrected chi connectivity index (χ0v) is 19.4. The van der Waals surface area contributed by atoms with Gasteiger partial charge in [0, 0.05) is 25.0 Å². The fraction of sp³-hybridized carbons (Fsp3) is 0.333. The lowest BCUT2D eigenvalue weighted by molar-refractivity contribution is -0.127. The molecule has 1 aromatic heterocycles. The van der Waals surface area contributed by atoms with Gasteiger partial charge in [0.15, 0.2) is 0 Å². The summed E-state index contributed by atoms with van der Waals surface area (Å²) in [6.45, 7) is 0.233. The SMILES string of the molecule is COc1ccc(CN(C(=O)c2cnccn2)C(C(=O)NC2CCCCC2)c2ccccc2)cc1. The minimum Gasteiger partial charge on any atom is -0.497 e. The lowest BCUT2D eigenvalue weighted by atomic mass is 9.94. The molecule has 7 heteroatoms. The van der Waals surface area contributed by atoms with Crippen LogP contribution < -0.4 is 10.1 Å². The largest absolute Gasteiger partial charge is 0.497 e. The first kappa shape index (κ1) is 23.4. The van der Waals surface area contributed by atoms with Crippen LogP contribution in [0.1, 0.15) is 59.8 Å². The quantitative estimate of drug-likeness (QED) is 0.544. The Labute approximate surface area is 200 Å². The van der Waals surface area contributed by atoms with Gasteiger partial charge in [0.05, 0.1) is 13.3 Å². The van der Waals surface area contributed by atoms with E-state index in [1.807, 2.05) is 54.6 Å². The normalized spacial score (nSPS) is 14.7. The van der Waals surface area contributed by atoms with E-state index in [4.69, 9.17) is 4.74 Å². The molecule has 1 N–H and O–H groups in total. The second-order valence-electron chi connectivity index (χ2n) is 8.53. The van der Waals surface area contributed by atoms with Crippen molar-refractivity contribution in [2.24, 2.45) is 0 Å². The highest BCUT2D eigenvalue weighted by Gasteiger charge is 2.34. The molecule has 4 rings (SSSR count). The maximum absolute atomic E-state index is 13.7. The smallest absolute Gasteiger partial charge is 0.275 e. The summed E-state index contributed by atoms with van der Waals surface area (Å²) < 4.78 is 5.27. The first-order valence-electron chi connectivity index (χ1n) is 11.7. The summed E-state index contributed by atoms with van der Waals surface area (Å²) in [6, 6.07) is 16.3. The molecule has 2 amide bonds. The number of rotatable bonds is 8. The number of hydrogen-bond donors (Lipinski definition) is 1. The maximum Gasteiger partial charge on any atom is 0.275 e. The summed E-state index contributed by atoms with van der Waals surface area (Å²) >= 11 is 0. The number of aromatic nitrogens is 2. The zero-order chi connectivity index (χ0) is 23.8. The lowest BCUT2D eigenvalue weighted by Gasteiger charge is -2.33. The van der Waals surface area contributed by atoms with Gasteiger partial charge < -0.3 is 15.0 Å². The third kappa shape index (κ3) is 5.78. The van der Waals surface area contributed by atoms with Crippen molar-refractivity contribution in [2.75, 3.05) is 7.11 Å². The van der Waals surface area contributed by atoms with Crippen molar-refractivity contribution in [1.29, 1.82) is 0 Å². The molecule has 34 heavy (non-hydrogen) atoms. The van der Waals surface area contributed by atoms with Gasteiger partial charge in [-0.05, 0) is 36.1 Å². The van der Waals surface area contributed by atoms with E-state index < -0.39 is 6.04 Å². The van der Waals surface area contributed by atoms with E-state index in [-0.39, 0.29) is 30.1 Å². The number of hydrogen-bond acceptors (Lipinski definition) is 5. The summed E-state index contributed by atoms with van der Waals surface area (Å²) in [7, 11) is 1.61. The molecular weight excluding hydrogens is 428 g/mol. The molecule has 0 radical (unpaired) electrons. The topological polar surface area (TPSA) is 84.4 Å². The highest BCUT2D eigenvalue weighted by molar-refractivity contribution is 5.96. The number of benzene rings is 2. The number of ether oxygens (including phenoxy) is 1. The molecule has 176 valence electrons. The molecule has 0 spiro atoms. The molecule has 0 aliphatic heterocycles. The number of carbonyl (C=O) groups excluding carboxylic acids is 2. The summed E-state index contributed by atoms with van der Waals surface area (Å²) in [4.78, 5) is 37.3. The number of methoxy groups -OCH3 is 1. The molecule has 1 heterocycles. The molecule has 2 aromatic carbocycles. The number of nitrogens with zero attached hydrogens (tertiary/aromatic N) is 3. The Morgan fingerprint density at radius 3 is 2.41 bits per heavy atom. The van der Waals surface area contributed by atoms with Crippen molar-refractivity contribution in [3.8, 4) is 5.75 Å². The van der Waals surface area contributed by atoms with Gasteiger partial charge in [-0.25, -0.2) is 4.98 Å². The first-order valence-corrected chi connectivity index (χ1v) is 11.7. The summed E-state index contributed by atoms with van der Waals surface area (Å²) in [5.74, 6) is 0.200. The van der Waals surface area contributed by atoms with Crippen LogP contribution in [0, 0.1) is 0 Å². The average molecular weight is 459 g/mol. The third-order valence-electron chi connectivity index (χ3n) is 6.18. The van der Waals surface area contributed by atoms with Crippen LogP contribution in [0.4, 0.5) is 0 Å². The number of amides is 2. The minimum atomic E-state index is -0.806. The molecule has 1 unspecified atom stereocenters. The predicted molar refractivity (Wildman–Crippen MR) is 129 cm³/mol. The van der Waals surface area contributed by atoms with E-state index in [0.717, 1.165) is 42.6 Å². The summed E-state index contributed by atoms with van der Waals surface area (Å²) in [5, 5.41) is 3.22. The Balaban J connectivity index is 1.71. The number of nitrogens with one attached hydrogen (secondary N) is 1. The van der Waals surface area contributed by atoms with Gasteiger partial charge in [0.1, 0.15) is 17.5 Å². The van der Waals surface area contributed by atoms with Gasteiger partial charge in [0.2, 0.25) is 5.91 Å². The van der Waals surface area contributed by atoms with E-state index in [9.17, 15) is 9.59 Å². The molecular formula is C27H30N4O3. The monoisotopic (exact) mass is 458 g/mol. The fourth-order valence-corrected chi connectivity index (χ4v) is 4.40. The molecule has 1 saturated carbocycles. The standard InChI is InChI=1S/C27H30N4O3/c1-34-23-14-12-20(13-15-23)19-31(27(33)24-18-28-16-17-29-24)25(21-8-4-2-5-9-21)26(32)30-22-10-6-3-7-11-22/h2,4-5,8-9,12-18,22,25H,3,6-7,10-11,19H2,1H3,(H,30,32). The van der Waals surface area contributed by atoms with Gasteiger partial charge in [-0.2, -0.15) is 0 Å². The zero-order valence-electron chi connectivity index (χ0n) is 19.4. The van der Waals surface area contributed by atoms with Gasteiger partial charge in [-0.3, -0.25) is 14.6 Å². The van der Waals surface area contributed by atoms with E-state index in [1.54, 1.807) is 12.0 Å². The number of carbonyl (C=O) groups is 2. The van der Waals surface area contributed by atoms with E-state index in [1.165, 1.54) is 25.0 Å². The first-order chi connectivity index (χ1) is 16.7. The van der Waals surface area contributed by atoms with Crippen LogP contribution in [0.15, 0.2) is 73.2 Å². The van der Waals surface area contributed by atoms with Crippen LogP contribution in [0.3, 0.4) is 0 Å². The second kappa shape index (κ2) is 11.4. The fourth-order valence-electron chi connectivity index (χ4n) is 4.40. The highest BCUT2D eigenvalue weighted by atomic mass is 16.5.